The Morgan fingerprint density at radius 3 is 2.67 bits per heavy atom. The Bertz CT molecular complexity index is 1650. The van der Waals surface area contributed by atoms with Crippen molar-refractivity contribution in [1.29, 1.82) is 0 Å². The Morgan fingerprint density at radius 2 is 1.88 bits per heavy atom. The number of nitrogens with one attached hydrogen (secondary N) is 1. The van der Waals surface area contributed by atoms with E-state index in [-0.39, 0.29) is 0 Å². The molecule has 0 aliphatic carbocycles. The fraction of sp³-hybridized carbons (Fsp3) is 0.357. The van der Waals surface area contributed by atoms with Crippen LogP contribution < -0.4 is 4.74 Å². The molecule has 1 N–H and O–H groups in total. The smallest absolute Gasteiger partial charge is 0.282 e. The standard InChI is InChI=1S/C28H27ClF3N7O/c1-16-35-20-3-2-19(12-22(20)36-16)40-24-5-4-21-26(25(24)29)37-23(14-33-21)18-13-34-39(15-18)11-8-17-6-9-38(10-7-17)28(32)27(30)31/h2-5,12-15,17,27-28H,6-11H2,1H3,(H,35,36). The van der Waals surface area contributed by atoms with Gasteiger partial charge >= 0.3 is 0 Å². The zero-order chi connectivity index (χ0) is 27.8. The number of hydrogen-bond acceptors (Lipinski definition) is 6. The lowest BCUT2D eigenvalue weighted by atomic mass is 9.93. The summed E-state index contributed by atoms with van der Waals surface area (Å²) < 4.78 is 46.8. The molecule has 12 heteroatoms. The highest BCUT2D eigenvalue weighted by atomic mass is 35.5. The van der Waals surface area contributed by atoms with Crippen molar-refractivity contribution in [2.45, 2.75) is 45.5 Å². The first-order valence-electron chi connectivity index (χ1n) is 13.1. The van der Waals surface area contributed by atoms with E-state index in [1.54, 1.807) is 18.5 Å². The summed E-state index contributed by atoms with van der Waals surface area (Å²) in [6.45, 7) is 3.25. The van der Waals surface area contributed by atoms with Crippen molar-refractivity contribution in [3.8, 4) is 22.8 Å². The molecule has 2 aromatic carbocycles. The van der Waals surface area contributed by atoms with Crippen molar-refractivity contribution in [3.05, 3.63) is 59.8 Å². The van der Waals surface area contributed by atoms with E-state index < -0.39 is 12.7 Å². The van der Waals surface area contributed by atoms with Gasteiger partial charge in [0, 0.05) is 37.5 Å². The van der Waals surface area contributed by atoms with Crippen LogP contribution in [0, 0.1) is 12.8 Å². The summed E-state index contributed by atoms with van der Waals surface area (Å²) in [5.74, 6) is 2.24. The van der Waals surface area contributed by atoms with Crippen LogP contribution in [0.1, 0.15) is 25.1 Å². The molecule has 1 aliphatic heterocycles. The number of H-pyrrole nitrogens is 1. The summed E-state index contributed by atoms with van der Waals surface area (Å²) >= 11 is 6.72. The lowest BCUT2D eigenvalue weighted by molar-refractivity contribution is -0.0613. The second kappa shape index (κ2) is 11.1. The third kappa shape index (κ3) is 5.48. The molecular formula is C28H27ClF3N7O. The molecule has 0 amide bonds. The predicted molar refractivity (Wildman–Crippen MR) is 146 cm³/mol. The van der Waals surface area contributed by atoms with Crippen molar-refractivity contribution in [1.82, 2.24) is 34.6 Å². The van der Waals surface area contributed by atoms with Crippen LogP contribution in [0.15, 0.2) is 48.9 Å². The van der Waals surface area contributed by atoms with E-state index in [0.29, 0.717) is 71.6 Å². The van der Waals surface area contributed by atoms with Crippen molar-refractivity contribution in [2.24, 2.45) is 5.92 Å². The maximum Gasteiger partial charge on any atom is 0.282 e. The van der Waals surface area contributed by atoms with Crippen molar-refractivity contribution < 1.29 is 17.9 Å². The van der Waals surface area contributed by atoms with Gasteiger partial charge in [0.1, 0.15) is 27.9 Å². The number of imidazole rings is 1. The highest BCUT2D eigenvalue weighted by Crippen LogP contribution is 2.35. The Labute approximate surface area is 233 Å². The number of likely N-dealkylation sites (tertiary alicyclic amines) is 1. The summed E-state index contributed by atoms with van der Waals surface area (Å²) in [5.41, 5.74) is 4.31. The minimum atomic E-state index is -2.96. The van der Waals surface area contributed by atoms with Gasteiger partial charge in [0.15, 0.2) is 0 Å². The number of piperidine rings is 1. The topological polar surface area (TPSA) is 84.8 Å². The number of hydrogen-bond donors (Lipinski definition) is 1. The molecule has 1 atom stereocenters. The molecule has 0 saturated carbocycles. The maximum absolute atomic E-state index is 13.6. The molecule has 8 nitrogen and oxygen atoms in total. The number of halogens is 4. The van der Waals surface area contributed by atoms with E-state index in [9.17, 15) is 13.2 Å². The Kier molecular flexibility index (Phi) is 7.33. The first-order valence-corrected chi connectivity index (χ1v) is 13.5. The first kappa shape index (κ1) is 26.5. The molecule has 4 heterocycles. The highest BCUT2D eigenvalue weighted by Gasteiger charge is 2.30. The third-order valence-electron chi connectivity index (χ3n) is 7.32. The molecule has 1 aliphatic rings. The monoisotopic (exact) mass is 569 g/mol. The van der Waals surface area contributed by atoms with Crippen molar-refractivity contribution >= 4 is 33.7 Å². The van der Waals surface area contributed by atoms with E-state index in [2.05, 4.69) is 20.1 Å². The SMILES string of the molecule is Cc1nc2ccc(Oc3ccc4ncc(-c5cnn(CCC6CCN(C(F)C(F)F)CC6)c5)nc4c3Cl)cc2[nH]1. The Hall–Kier alpha value is -3.70. The van der Waals surface area contributed by atoms with Gasteiger partial charge in [-0.2, -0.15) is 5.10 Å². The van der Waals surface area contributed by atoms with Crippen LogP contribution in [0.2, 0.25) is 5.02 Å². The van der Waals surface area contributed by atoms with Crippen molar-refractivity contribution in [2.75, 3.05) is 13.1 Å². The summed E-state index contributed by atoms with van der Waals surface area (Å²) in [6, 6.07) is 9.17. The third-order valence-corrected chi connectivity index (χ3v) is 7.68. The van der Waals surface area contributed by atoms with Gasteiger partial charge in [-0.25, -0.2) is 23.1 Å². The van der Waals surface area contributed by atoms with Crippen LogP contribution in [0.5, 0.6) is 11.5 Å². The predicted octanol–water partition coefficient (Wildman–Crippen LogP) is 6.79. The molecule has 1 unspecified atom stereocenters. The molecule has 208 valence electrons. The average Bonchev–Trinajstić information content (AvgIpc) is 3.59. The van der Waals surface area contributed by atoms with Gasteiger partial charge in [-0.1, -0.05) is 11.6 Å². The summed E-state index contributed by atoms with van der Waals surface area (Å²) in [5, 5.41) is 4.81. The maximum atomic E-state index is 13.6. The molecule has 40 heavy (non-hydrogen) atoms. The van der Waals surface area contributed by atoms with Gasteiger partial charge < -0.3 is 9.72 Å². The Morgan fingerprint density at radius 1 is 1.07 bits per heavy atom. The molecule has 5 aromatic rings. The number of aryl methyl sites for hydroxylation is 2. The molecular weight excluding hydrogens is 543 g/mol. The second-order valence-corrected chi connectivity index (χ2v) is 10.4. The number of rotatable bonds is 8. The van der Waals surface area contributed by atoms with Gasteiger partial charge in [0.25, 0.3) is 6.43 Å². The van der Waals surface area contributed by atoms with Gasteiger partial charge in [0.2, 0.25) is 6.30 Å². The second-order valence-electron chi connectivity index (χ2n) is 10.1. The Balaban J connectivity index is 1.13. The van der Waals surface area contributed by atoms with Gasteiger partial charge in [-0.05, 0) is 56.4 Å². The van der Waals surface area contributed by atoms with Crippen LogP contribution >= 0.6 is 11.6 Å². The molecule has 3 aromatic heterocycles. The van der Waals surface area contributed by atoms with Crippen LogP contribution in [0.3, 0.4) is 0 Å². The summed E-state index contributed by atoms with van der Waals surface area (Å²) in [4.78, 5) is 18.1. The number of aromatic nitrogens is 6. The zero-order valence-electron chi connectivity index (χ0n) is 21.7. The zero-order valence-corrected chi connectivity index (χ0v) is 22.5. The fourth-order valence-corrected chi connectivity index (χ4v) is 5.37. The quantitative estimate of drug-likeness (QED) is 0.207. The van der Waals surface area contributed by atoms with E-state index >= 15 is 0 Å². The largest absolute Gasteiger partial charge is 0.456 e. The van der Waals surface area contributed by atoms with Crippen LogP contribution in [-0.4, -0.2) is 60.4 Å². The normalized spacial score (nSPS) is 15.8. The molecule has 0 bridgehead atoms. The minimum absolute atomic E-state index is 0.337. The van der Waals surface area contributed by atoms with E-state index in [1.165, 1.54) is 4.90 Å². The molecule has 1 fully saturated rings. The summed E-state index contributed by atoms with van der Waals surface area (Å²) in [7, 11) is 0. The van der Waals surface area contributed by atoms with Gasteiger partial charge in [0.05, 0.1) is 34.6 Å². The van der Waals surface area contributed by atoms with E-state index in [1.807, 2.05) is 42.1 Å². The molecule has 6 rings (SSSR count). The van der Waals surface area contributed by atoms with Gasteiger partial charge in [-0.3, -0.25) is 14.6 Å². The number of nitrogens with zero attached hydrogens (tertiary/aromatic N) is 6. The van der Waals surface area contributed by atoms with Crippen molar-refractivity contribution in [3.63, 3.8) is 0 Å². The lowest BCUT2D eigenvalue weighted by Gasteiger charge is -2.33. The van der Waals surface area contributed by atoms with Gasteiger partial charge in [-0.15, -0.1) is 0 Å². The summed E-state index contributed by atoms with van der Waals surface area (Å²) in [6.07, 6.45) is 2.38. The average molecular weight is 570 g/mol. The number of benzene rings is 2. The van der Waals surface area contributed by atoms with E-state index in [0.717, 1.165) is 28.8 Å². The highest BCUT2D eigenvalue weighted by molar-refractivity contribution is 6.36. The fourth-order valence-electron chi connectivity index (χ4n) is 5.13. The number of alkyl halides is 3. The van der Waals surface area contributed by atoms with Crippen LogP contribution in [0.4, 0.5) is 13.2 Å². The van der Waals surface area contributed by atoms with E-state index in [4.69, 9.17) is 21.3 Å². The van der Waals surface area contributed by atoms with Crippen LogP contribution in [0.25, 0.3) is 33.3 Å². The van der Waals surface area contributed by atoms with Crippen LogP contribution in [-0.2, 0) is 6.54 Å². The molecule has 0 spiro atoms. The molecule has 1 saturated heterocycles. The number of fused-ring (bicyclic) bond motifs is 2. The first-order chi connectivity index (χ1) is 19.3. The lowest BCUT2D eigenvalue weighted by Crippen LogP contribution is -2.42. The minimum Gasteiger partial charge on any atom is -0.456 e. The number of ether oxygens (including phenoxy) is 1. The molecule has 0 radical (unpaired) electrons. The number of aromatic amines is 1.